The van der Waals surface area contributed by atoms with Crippen LogP contribution in [0.25, 0.3) is 44.1 Å². The molecule has 0 saturated carbocycles. The van der Waals surface area contributed by atoms with E-state index in [9.17, 15) is 14.4 Å². The van der Waals surface area contributed by atoms with Crippen LogP contribution in [0.1, 0.15) is 52.6 Å². The molecule has 12 heteroatoms. The molecule has 368 valence electrons. The topological polar surface area (TPSA) is 151 Å². The van der Waals surface area contributed by atoms with E-state index >= 15 is 0 Å². The number of benzene rings is 6. The number of ketones is 2. The number of Topliss-reactive ketones (excluding diaryl/α,β-unsaturated/α-hetero) is 2. The number of hydrogen-bond acceptors (Lipinski definition) is 9. The van der Waals surface area contributed by atoms with Crippen LogP contribution in [0.4, 0.5) is 16.2 Å². The maximum atomic E-state index is 13.5. The van der Waals surface area contributed by atoms with Crippen molar-refractivity contribution in [2.45, 2.75) is 52.3 Å². The van der Waals surface area contributed by atoms with Crippen molar-refractivity contribution in [1.82, 2.24) is 19.8 Å². The summed E-state index contributed by atoms with van der Waals surface area (Å²) in [7, 11) is 3.40. The normalized spacial score (nSPS) is 11.3. The van der Waals surface area contributed by atoms with E-state index in [1.165, 1.54) is 0 Å². The number of nitrogen functional groups attached to an aromatic ring is 1. The molecule has 0 atom stereocenters. The number of nitrogens with two attached hydrogens (primary N) is 1. The van der Waals surface area contributed by atoms with Crippen LogP contribution in [0.15, 0.2) is 158 Å². The molecule has 0 aliphatic heterocycles. The molecular formula is C59H66N6O6. The van der Waals surface area contributed by atoms with Crippen LogP contribution in [0.5, 0.6) is 0 Å². The molecule has 0 unspecified atom stereocenters. The van der Waals surface area contributed by atoms with E-state index in [1.54, 1.807) is 14.2 Å². The van der Waals surface area contributed by atoms with E-state index in [-0.39, 0.29) is 24.4 Å². The summed E-state index contributed by atoms with van der Waals surface area (Å²) in [6.07, 6.45) is 3.98. The van der Waals surface area contributed by atoms with Gasteiger partial charge in [0.15, 0.2) is 11.6 Å². The second-order valence-corrected chi connectivity index (χ2v) is 18.4. The molecule has 2 aromatic heterocycles. The number of carbonyl (C=O) groups excluding carboxylic acids is 3. The fourth-order valence-electron chi connectivity index (χ4n) is 8.34. The highest BCUT2D eigenvalue weighted by atomic mass is 16.6. The minimum Gasteiger partial charge on any atom is -0.444 e. The van der Waals surface area contributed by atoms with Crippen LogP contribution in [0, 0.1) is 0 Å². The van der Waals surface area contributed by atoms with Crippen molar-refractivity contribution in [3.8, 4) is 22.3 Å². The third kappa shape index (κ3) is 14.6. The Kier molecular flexibility index (Phi) is 18.1. The molecule has 12 nitrogen and oxygen atoms in total. The number of methoxy groups -OCH3 is 2. The monoisotopic (exact) mass is 955 g/mol. The van der Waals surface area contributed by atoms with Gasteiger partial charge in [-0.25, -0.2) is 4.79 Å². The van der Waals surface area contributed by atoms with E-state index in [4.69, 9.17) is 19.9 Å². The first-order valence-electron chi connectivity index (χ1n) is 24.1. The number of anilines is 2. The Hall–Kier alpha value is -7.35. The number of carbonyl (C=O) groups is 3. The van der Waals surface area contributed by atoms with Crippen LogP contribution < -0.4 is 21.7 Å². The standard InChI is InChI=1S/C32H37N3O4.C27H29N3O2/c1-32(2,3)39-31(37)34-28-12-10-24(23-8-6-5-7-9-23)20-27(28)22-30(36)26-11-13-29-25(21-26)14-17-35(29)18-15-33-16-19-38-4;1-32-16-13-29-12-15-30-14-11-22-18-23(8-10-26(22)30)27(31)19-24-17-21(7-9-25(24)28)20-5-3-2-4-6-20/h5-14,17,20-21,33H,15-16,18-19,22H2,1-4H3,(H,34,37);2-11,14,17-18,29H,12-13,15-16,19,28H2,1H3. The number of amides is 1. The fraction of sp³-hybridized carbons (Fsp3) is 0.271. The van der Waals surface area contributed by atoms with Gasteiger partial charge in [-0.15, -0.1) is 0 Å². The van der Waals surface area contributed by atoms with Crippen molar-refractivity contribution in [3.63, 3.8) is 0 Å². The molecule has 8 rings (SSSR count). The van der Waals surface area contributed by atoms with Gasteiger partial charge < -0.3 is 39.7 Å². The molecular weight excluding hydrogens is 889 g/mol. The minimum atomic E-state index is -0.629. The Balaban J connectivity index is 0.000000213. The first-order valence-corrected chi connectivity index (χ1v) is 24.1. The summed E-state index contributed by atoms with van der Waals surface area (Å²) in [6.45, 7) is 11.9. The van der Waals surface area contributed by atoms with Gasteiger partial charge in [-0.3, -0.25) is 14.9 Å². The number of aromatic nitrogens is 2. The number of fused-ring (bicyclic) bond motifs is 2. The summed E-state index contributed by atoms with van der Waals surface area (Å²) in [5.41, 5.74) is 16.1. The van der Waals surface area contributed by atoms with E-state index in [0.29, 0.717) is 35.7 Å². The van der Waals surface area contributed by atoms with Crippen LogP contribution in [0.3, 0.4) is 0 Å². The molecule has 0 aliphatic carbocycles. The lowest BCUT2D eigenvalue weighted by atomic mass is 9.96. The lowest BCUT2D eigenvalue weighted by Gasteiger charge is -2.20. The van der Waals surface area contributed by atoms with E-state index < -0.39 is 11.7 Å². The van der Waals surface area contributed by atoms with Gasteiger partial charge in [-0.05, 0) is 127 Å². The van der Waals surface area contributed by atoms with Gasteiger partial charge in [0.25, 0.3) is 0 Å². The van der Waals surface area contributed by atoms with E-state index in [2.05, 4.69) is 49.5 Å². The van der Waals surface area contributed by atoms with Crippen molar-refractivity contribution < 1.29 is 28.6 Å². The Morgan fingerprint density at radius 2 is 1.01 bits per heavy atom. The Labute approximate surface area is 417 Å². The molecule has 1 amide bonds. The van der Waals surface area contributed by atoms with Crippen LogP contribution in [-0.2, 0) is 40.1 Å². The first kappa shape index (κ1) is 51.5. The maximum absolute atomic E-state index is 13.5. The molecule has 0 bridgehead atoms. The molecule has 0 spiro atoms. The Morgan fingerprint density at radius 1 is 0.535 bits per heavy atom. The number of nitrogens with zero attached hydrogens (tertiary/aromatic N) is 2. The zero-order chi connectivity index (χ0) is 50.2. The number of ether oxygens (including phenoxy) is 3. The Bertz CT molecular complexity index is 3030. The molecule has 2 heterocycles. The smallest absolute Gasteiger partial charge is 0.412 e. The van der Waals surface area contributed by atoms with Gasteiger partial charge >= 0.3 is 6.09 Å². The highest BCUT2D eigenvalue weighted by molar-refractivity contribution is 6.03. The third-order valence-corrected chi connectivity index (χ3v) is 12.0. The predicted octanol–water partition coefficient (Wildman–Crippen LogP) is 10.9. The van der Waals surface area contributed by atoms with Gasteiger partial charge in [0.2, 0.25) is 0 Å². The molecule has 71 heavy (non-hydrogen) atoms. The fourth-order valence-corrected chi connectivity index (χ4v) is 8.34. The summed E-state index contributed by atoms with van der Waals surface area (Å²) < 4.78 is 20.0. The lowest BCUT2D eigenvalue weighted by molar-refractivity contribution is 0.0635. The van der Waals surface area contributed by atoms with E-state index in [1.807, 2.05) is 154 Å². The van der Waals surface area contributed by atoms with Crippen molar-refractivity contribution in [2.75, 3.05) is 64.7 Å². The summed E-state index contributed by atoms with van der Waals surface area (Å²) in [5.74, 6) is 0.0427. The zero-order valence-electron chi connectivity index (χ0n) is 41.5. The summed E-state index contributed by atoms with van der Waals surface area (Å²) in [4.78, 5) is 39.1. The average Bonchev–Trinajstić information content (AvgIpc) is 3.98. The average molecular weight is 955 g/mol. The van der Waals surface area contributed by atoms with Crippen molar-refractivity contribution in [1.29, 1.82) is 0 Å². The summed E-state index contributed by atoms with van der Waals surface area (Å²) in [5, 5.41) is 11.6. The highest BCUT2D eigenvalue weighted by Gasteiger charge is 2.20. The van der Waals surface area contributed by atoms with Gasteiger partial charge in [0, 0.05) is 123 Å². The maximum Gasteiger partial charge on any atom is 0.412 e. The van der Waals surface area contributed by atoms with Crippen LogP contribution in [-0.4, -0.2) is 86.0 Å². The van der Waals surface area contributed by atoms with Gasteiger partial charge in [-0.1, -0.05) is 72.8 Å². The molecule has 0 radical (unpaired) electrons. The molecule has 8 aromatic rings. The molecule has 5 N–H and O–H groups in total. The van der Waals surface area contributed by atoms with Crippen LogP contribution in [0.2, 0.25) is 0 Å². The third-order valence-electron chi connectivity index (χ3n) is 12.0. The largest absolute Gasteiger partial charge is 0.444 e. The van der Waals surface area contributed by atoms with Crippen LogP contribution >= 0.6 is 0 Å². The van der Waals surface area contributed by atoms with Gasteiger partial charge in [-0.2, -0.15) is 0 Å². The second-order valence-electron chi connectivity index (χ2n) is 18.4. The van der Waals surface area contributed by atoms with Crippen molar-refractivity contribution in [2.24, 2.45) is 0 Å². The lowest BCUT2D eigenvalue weighted by Crippen LogP contribution is -2.27. The summed E-state index contributed by atoms with van der Waals surface area (Å²) in [6, 6.07) is 47.6. The quantitative estimate of drug-likeness (QED) is 0.0313. The minimum absolute atomic E-state index is 0.0247. The first-order chi connectivity index (χ1) is 34.4. The molecule has 0 saturated heterocycles. The van der Waals surface area contributed by atoms with Gasteiger partial charge in [0.1, 0.15) is 5.60 Å². The highest BCUT2D eigenvalue weighted by Crippen LogP contribution is 2.29. The predicted molar refractivity (Wildman–Crippen MR) is 287 cm³/mol. The molecule has 0 aliphatic rings. The number of rotatable bonds is 21. The van der Waals surface area contributed by atoms with Gasteiger partial charge in [0.05, 0.1) is 13.2 Å². The zero-order valence-corrected chi connectivity index (χ0v) is 41.5. The summed E-state index contributed by atoms with van der Waals surface area (Å²) >= 11 is 0. The van der Waals surface area contributed by atoms with E-state index in [0.717, 1.165) is 94.5 Å². The van der Waals surface area contributed by atoms with Crippen molar-refractivity contribution in [3.05, 3.63) is 180 Å². The SMILES string of the molecule is COCCNCCn1ccc2cc(C(=O)Cc3cc(-c4ccccc4)ccc3N)ccc21.COCCNCCn1ccc2cc(C(=O)Cc3cc(-c4ccccc4)ccc3NC(=O)OC(C)(C)C)ccc21. The number of nitrogens with one attached hydrogen (secondary N) is 3. The second kappa shape index (κ2) is 25.0. The Morgan fingerprint density at radius 3 is 1.51 bits per heavy atom. The van der Waals surface area contributed by atoms with Crippen molar-refractivity contribution >= 4 is 50.8 Å². The molecule has 6 aromatic carbocycles. The number of hydrogen-bond donors (Lipinski definition) is 4. The molecule has 0 fully saturated rings.